The second-order valence-corrected chi connectivity index (χ2v) is 9.32. The first kappa shape index (κ1) is 20.5. The van der Waals surface area contributed by atoms with Gasteiger partial charge in [0.15, 0.2) is 5.16 Å². The van der Waals surface area contributed by atoms with Crippen molar-refractivity contribution < 1.29 is 4.79 Å². The number of rotatable bonds is 5. The number of halogens is 1. The first-order valence-electron chi connectivity index (χ1n) is 10.4. The standard InChI is InChI=1S/C22H27ClN4OS/c1-16-8-12-26(13-9-16)20-14-19(23)24-22(25-20)29-15-17-4-6-18(7-5-17)21(28)27-10-2-3-11-27/h4-7,14,16H,2-3,8-13,15H2,1H3. The summed E-state index contributed by atoms with van der Waals surface area (Å²) in [7, 11) is 0. The van der Waals surface area contributed by atoms with Gasteiger partial charge in [-0.25, -0.2) is 9.97 Å². The Morgan fingerprint density at radius 3 is 2.48 bits per heavy atom. The predicted octanol–water partition coefficient (Wildman–Crippen LogP) is 4.89. The van der Waals surface area contributed by atoms with Gasteiger partial charge in [-0.2, -0.15) is 0 Å². The maximum absolute atomic E-state index is 12.5. The lowest BCUT2D eigenvalue weighted by Crippen LogP contribution is -2.33. The van der Waals surface area contributed by atoms with Gasteiger partial charge >= 0.3 is 0 Å². The maximum atomic E-state index is 12.5. The molecule has 0 atom stereocenters. The topological polar surface area (TPSA) is 49.3 Å². The fraction of sp³-hybridized carbons (Fsp3) is 0.500. The van der Waals surface area contributed by atoms with Crippen molar-refractivity contribution in [1.82, 2.24) is 14.9 Å². The van der Waals surface area contributed by atoms with E-state index in [-0.39, 0.29) is 5.91 Å². The zero-order chi connectivity index (χ0) is 20.2. The lowest BCUT2D eigenvalue weighted by molar-refractivity contribution is 0.0793. The number of anilines is 1. The summed E-state index contributed by atoms with van der Waals surface area (Å²) in [6.07, 6.45) is 4.59. The minimum absolute atomic E-state index is 0.139. The highest BCUT2D eigenvalue weighted by Crippen LogP contribution is 2.27. The molecule has 4 rings (SSSR count). The fourth-order valence-electron chi connectivity index (χ4n) is 3.84. The third-order valence-electron chi connectivity index (χ3n) is 5.73. The second-order valence-electron chi connectivity index (χ2n) is 7.99. The van der Waals surface area contributed by atoms with E-state index in [9.17, 15) is 4.79 Å². The highest BCUT2D eigenvalue weighted by Gasteiger charge is 2.20. The van der Waals surface area contributed by atoms with Gasteiger partial charge in [0.25, 0.3) is 5.91 Å². The van der Waals surface area contributed by atoms with Crippen LogP contribution in [0.15, 0.2) is 35.5 Å². The normalized spacial score (nSPS) is 17.7. The molecule has 154 valence electrons. The van der Waals surface area contributed by atoms with Crippen LogP contribution >= 0.6 is 23.4 Å². The highest BCUT2D eigenvalue weighted by atomic mass is 35.5. The van der Waals surface area contributed by atoms with Crippen LogP contribution < -0.4 is 4.90 Å². The van der Waals surface area contributed by atoms with Crippen LogP contribution in [0.3, 0.4) is 0 Å². The van der Waals surface area contributed by atoms with Crippen molar-refractivity contribution in [3.63, 3.8) is 0 Å². The summed E-state index contributed by atoms with van der Waals surface area (Å²) in [6, 6.07) is 9.76. The first-order valence-corrected chi connectivity index (χ1v) is 11.8. The van der Waals surface area contributed by atoms with Crippen LogP contribution in [0.25, 0.3) is 0 Å². The summed E-state index contributed by atoms with van der Waals surface area (Å²) in [5.74, 6) is 2.58. The molecule has 0 aliphatic carbocycles. The quantitative estimate of drug-likeness (QED) is 0.383. The molecule has 1 aromatic carbocycles. The van der Waals surface area contributed by atoms with Crippen molar-refractivity contribution in [2.24, 2.45) is 5.92 Å². The molecule has 0 unspecified atom stereocenters. The smallest absolute Gasteiger partial charge is 0.253 e. The number of hydrogen-bond donors (Lipinski definition) is 0. The summed E-state index contributed by atoms with van der Waals surface area (Å²) in [5.41, 5.74) is 1.91. The zero-order valence-corrected chi connectivity index (χ0v) is 18.4. The van der Waals surface area contributed by atoms with E-state index < -0.39 is 0 Å². The van der Waals surface area contributed by atoms with E-state index in [1.165, 1.54) is 12.8 Å². The van der Waals surface area contributed by atoms with Crippen LogP contribution in [-0.4, -0.2) is 47.0 Å². The largest absolute Gasteiger partial charge is 0.356 e. The van der Waals surface area contributed by atoms with Crippen LogP contribution in [-0.2, 0) is 5.75 Å². The third-order valence-corrected chi connectivity index (χ3v) is 6.84. The maximum Gasteiger partial charge on any atom is 0.253 e. The average Bonchev–Trinajstić information content (AvgIpc) is 3.27. The Hall–Kier alpha value is -1.79. The van der Waals surface area contributed by atoms with Crippen LogP contribution in [0.1, 0.15) is 48.5 Å². The minimum atomic E-state index is 0.139. The third kappa shape index (κ3) is 5.23. The molecule has 29 heavy (non-hydrogen) atoms. The molecular weight excluding hydrogens is 404 g/mol. The summed E-state index contributed by atoms with van der Waals surface area (Å²) in [4.78, 5) is 25.8. The van der Waals surface area contributed by atoms with Crippen molar-refractivity contribution >= 4 is 35.1 Å². The van der Waals surface area contributed by atoms with E-state index in [2.05, 4.69) is 16.8 Å². The van der Waals surface area contributed by atoms with Crippen LogP contribution in [0.4, 0.5) is 5.82 Å². The summed E-state index contributed by atoms with van der Waals surface area (Å²) in [5, 5.41) is 1.19. The number of carbonyl (C=O) groups excluding carboxylic acids is 1. The van der Waals surface area contributed by atoms with Crippen molar-refractivity contribution in [2.75, 3.05) is 31.1 Å². The van der Waals surface area contributed by atoms with Gasteiger partial charge in [0.05, 0.1) is 0 Å². The van der Waals surface area contributed by atoms with E-state index in [1.54, 1.807) is 11.8 Å². The first-order chi connectivity index (χ1) is 14.1. The van der Waals surface area contributed by atoms with Gasteiger partial charge in [-0.05, 0) is 49.3 Å². The minimum Gasteiger partial charge on any atom is -0.356 e. The van der Waals surface area contributed by atoms with E-state index in [0.717, 1.165) is 67.6 Å². The summed E-state index contributed by atoms with van der Waals surface area (Å²) >= 11 is 7.84. The molecule has 2 fully saturated rings. The molecule has 0 N–H and O–H groups in total. The number of aromatic nitrogens is 2. The molecule has 2 saturated heterocycles. The Kier molecular flexibility index (Phi) is 6.60. The summed E-state index contributed by atoms with van der Waals surface area (Å²) < 4.78 is 0. The molecule has 2 aliphatic heterocycles. The number of piperidine rings is 1. The van der Waals surface area contributed by atoms with Gasteiger partial charge in [0, 0.05) is 43.6 Å². The van der Waals surface area contributed by atoms with Gasteiger partial charge in [0.2, 0.25) is 0 Å². The van der Waals surface area contributed by atoms with Gasteiger partial charge < -0.3 is 9.80 Å². The number of nitrogens with zero attached hydrogens (tertiary/aromatic N) is 4. The Balaban J connectivity index is 1.38. The van der Waals surface area contributed by atoms with Crippen LogP contribution in [0.2, 0.25) is 5.15 Å². The van der Waals surface area contributed by atoms with E-state index >= 15 is 0 Å². The molecule has 3 heterocycles. The predicted molar refractivity (Wildman–Crippen MR) is 119 cm³/mol. The Morgan fingerprint density at radius 1 is 1.10 bits per heavy atom. The molecule has 0 bridgehead atoms. The molecule has 0 saturated carbocycles. The van der Waals surface area contributed by atoms with E-state index in [4.69, 9.17) is 16.6 Å². The molecule has 1 amide bonds. The Bertz CT molecular complexity index is 846. The van der Waals surface area contributed by atoms with Gasteiger partial charge in [-0.1, -0.05) is 42.4 Å². The molecule has 7 heteroatoms. The number of thioether (sulfide) groups is 1. The SMILES string of the molecule is CC1CCN(c2cc(Cl)nc(SCc3ccc(C(=O)N4CCCC4)cc3)n2)CC1. The lowest BCUT2D eigenvalue weighted by Gasteiger charge is -2.31. The Labute approximate surface area is 181 Å². The molecule has 0 radical (unpaired) electrons. The Morgan fingerprint density at radius 2 is 1.79 bits per heavy atom. The lowest BCUT2D eigenvalue weighted by atomic mass is 9.99. The number of benzene rings is 1. The number of carbonyl (C=O) groups is 1. The molecule has 5 nitrogen and oxygen atoms in total. The van der Waals surface area contributed by atoms with Crippen molar-refractivity contribution in [2.45, 2.75) is 43.5 Å². The van der Waals surface area contributed by atoms with Gasteiger partial charge in [-0.15, -0.1) is 0 Å². The summed E-state index contributed by atoms with van der Waals surface area (Å²) in [6.45, 7) is 6.09. The molecule has 2 aromatic rings. The number of amides is 1. The van der Waals surface area contributed by atoms with Crippen molar-refractivity contribution in [1.29, 1.82) is 0 Å². The van der Waals surface area contributed by atoms with Crippen LogP contribution in [0, 0.1) is 5.92 Å². The van der Waals surface area contributed by atoms with Gasteiger partial charge in [-0.3, -0.25) is 4.79 Å². The molecular formula is C22H27ClN4OS. The second kappa shape index (κ2) is 9.35. The van der Waals surface area contributed by atoms with Crippen LogP contribution in [0.5, 0.6) is 0 Å². The molecule has 1 aromatic heterocycles. The zero-order valence-electron chi connectivity index (χ0n) is 16.8. The highest BCUT2D eigenvalue weighted by molar-refractivity contribution is 7.98. The molecule has 0 spiro atoms. The number of likely N-dealkylation sites (tertiary alicyclic amines) is 1. The fourth-order valence-corrected chi connectivity index (χ4v) is 4.88. The van der Waals surface area contributed by atoms with E-state index in [0.29, 0.717) is 10.3 Å². The van der Waals surface area contributed by atoms with Crippen molar-refractivity contribution in [3.05, 3.63) is 46.6 Å². The van der Waals surface area contributed by atoms with E-state index in [1.807, 2.05) is 35.2 Å². The average molecular weight is 431 g/mol. The van der Waals surface area contributed by atoms with Gasteiger partial charge in [0.1, 0.15) is 11.0 Å². The molecule has 2 aliphatic rings. The monoisotopic (exact) mass is 430 g/mol. The van der Waals surface area contributed by atoms with Crippen molar-refractivity contribution in [3.8, 4) is 0 Å². The number of hydrogen-bond acceptors (Lipinski definition) is 5.